The zero-order valence-electron chi connectivity index (χ0n) is 14.3. The number of pyridine rings is 1. The Morgan fingerprint density at radius 3 is 2.67 bits per heavy atom. The maximum Gasteiger partial charge on any atom is 0.259 e. The Morgan fingerprint density at radius 2 is 1.93 bits per heavy atom. The topological polar surface area (TPSA) is 64.1 Å². The minimum atomic E-state index is -0.743. The SMILES string of the molecule is COc1cnc(F)cc1C(=O)Nc1ccc(-c2nc3ccccc3s2)cc1. The molecule has 0 aliphatic carbocycles. The minimum absolute atomic E-state index is 0.0836. The van der Waals surface area contributed by atoms with Crippen LogP contribution < -0.4 is 10.1 Å². The van der Waals surface area contributed by atoms with E-state index < -0.39 is 11.9 Å². The molecule has 7 heteroatoms. The Morgan fingerprint density at radius 1 is 1.15 bits per heavy atom. The fourth-order valence-corrected chi connectivity index (χ4v) is 3.62. The third-order valence-electron chi connectivity index (χ3n) is 3.98. The van der Waals surface area contributed by atoms with E-state index in [2.05, 4.69) is 15.3 Å². The van der Waals surface area contributed by atoms with Gasteiger partial charge in [0.15, 0.2) is 0 Å². The highest BCUT2D eigenvalue weighted by Gasteiger charge is 2.15. The zero-order valence-corrected chi connectivity index (χ0v) is 15.1. The number of aromatic nitrogens is 2. The van der Waals surface area contributed by atoms with Crippen molar-refractivity contribution in [3.63, 3.8) is 0 Å². The normalized spacial score (nSPS) is 10.7. The van der Waals surface area contributed by atoms with Gasteiger partial charge in [-0.2, -0.15) is 4.39 Å². The first-order valence-electron chi connectivity index (χ1n) is 8.11. The second-order valence-electron chi connectivity index (χ2n) is 5.73. The molecule has 0 bridgehead atoms. The third-order valence-corrected chi connectivity index (χ3v) is 5.07. The van der Waals surface area contributed by atoms with Crippen LogP contribution >= 0.6 is 11.3 Å². The number of benzene rings is 2. The van der Waals surface area contributed by atoms with Crippen LogP contribution in [0.4, 0.5) is 10.1 Å². The van der Waals surface area contributed by atoms with Crippen LogP contribution in [0.2, 0.25) is 0 Å². The lowest BCUT2D eigenvalue weighted by Crippen LogP contribution is -2.14. The van der Waals surface area contributed by atoms with Gasteiger partial charge in [-0.05, 0) is 36.4 Å². The second kappa shape index (κ2) is 7.13. The number of nitrogens with one attached hydrogen (secondary N) is 1. The van der Waals surface area contributed by atoms with Gasteiger partial charge in [-0.15, -0.1) is 11.3 Å². The number of anilines is 1. The first-order valence-corrected chi connectivity index (χ1v) is 8.92. The Bertz CT molecular complexity index is 1090. The lowest BCUT2D eigenvalue weighted by Gasteiger charge is -2.09. The predicted octanol–water partition coefficient (Wildman–Crippen LogP) is 4.76. The van der Waals surface area contributed by atoms with Crippen molar-refractivity contribution in [3.8, 4) is 16.3 Å². The molecule has 0 spiro atoms. The van der Waals surface area contributed by atoms with Gasteiger partial charge in [-0.3, -0.25) is 4.79 Å². The van der Waals surface area contributed by atoms with Crippen molar-refractivity contribution in [3.05, 3.63) is 72.3 Å². The van der Waals surface area contributed by atoms with Gasteiger partial charge in [-0.1, -0.05) is 12.1 Å². The van der Waals surface area contributed by atoms with E-state index >= 15 is 0 Å². The number of thiazole rings is 1. The maximum atomic E-state index is 13.4. The van der Waals surface area contributed by atoms with E-state index in [-0.39, 0.29) is 11.3 Å². The average molecular weight is 379 g/mol. The summed E-state index contributed by atoms with van der Waals surface area (Å²) in [5.41, 5.74) is 2.59. The van der Waals surface area contributed by atoms with Gasteiger partial charge >= 0.3 is 0 Å². The maximum absolute atomic E-state index is 13.4. The van der Waals surface area contributed by atoms with Crippen molar-refractivity contribution in [2.24, 2.45) is 0 Å². The van der Waals surface area contributed by atoms with Crippen LogP contribution in [0.1, 0.15) is 10.4 Å². The number of hydrogen-bond acceptors (Lipinski definition) is 5. The molecular formula is C20H14FN3O2S. The van der Waals surface area contributed by atoms with Crippen molar-refractivity contribution in [2.75, 3.05) is 12.4 Å². The molecule has 0 fully saturated rings. The number of ether oxygens (including phenoxy) is 1. The summed E-state index contributed by atoms with van der Waals surface area (Å²) in [5, 5.41) is 3.64. The molecule has 2 aromatic heterocycles. The van der Waals surface area contributed by atoms with Crippen LogP contribution in [0.5, 0.6) is 5.75 Å². The number of carbonyl (C=O) groups excluding carboxylic acids is 1. The van der Waals surface area contributed by atoms with Gasteiger partial charge < -0.3 is 10.1 Å². The average Bonchev–Trinajstić information content (AvgIpc) is 3.12. The molecule has 0 atom stereocenters. The molecule has 0 unspecified atom stereocenters. The highest BCUT2D eigenvalue weighted by Crippen LogP contribution is 2.30. The number of fused-ring (bicyclic) bond motifs is 1. The lowest BCUT2D eigenvalue weighted by atomic mass is 10.2. The molecule has 0 saturated heterocycles. The zero-order chi connectivity index (χ0) is 18.8. The Balaban J connectivity index is 1.56. The van der Waals surface area contributed by atoms with Crippen LogP contribution in [-0.2, 0) is 0 Å². The molecule has 1 amide bonds. The number of halogens is 1. The monoisotopic (exact) mass is 379 g/mol. The lowest BCUT2D eigenvalue weighted by molar-refractivity contribution is 0.102. The summed E-state index contributed by atoms with van der Waals surface area (Å²) in [6, 6.07) is 16.3. The summed E-state index contributed by atoms with van der Waals surface area (Å²) in [5.74, 6) is -1.01. The largest absolute Gasteiger partial charge is 0.494 e. The van der Waals surface area contributed by atoms with Crippen LogP contribution in [0.3, 0.4) is 0 Å². The van der Waals surface area contributed by atoms with Crippen molar-refractivity contribution >= 4 is 33.1 Å². The molecule has 27 heavy (non-hydrogen) atoms. The summed E-state index contributed by atoms with van der Waals surface area (Å²) in [4.78, 5) is 20.5. The van der Waals surface area contributed by atoms with E-state index in [1.807, 2.05) is 36.4 Å². The van der Waals surface area contributed by atoms with Crippen LogP contribution in [0, 0.1) is 5.95 Å². The Kier molecular flexibility index (Phi) is 4.52. The Hall–Kier alpha value is -3.32. The highest BCUT2D eigenvalue weighted by atomic mass is 32.1. The highest BCUT2D eigenvalue weighted by molar-refractivity contribution is 7.21. The summed E-state index contributed by atoms with van der Waals surface area (Å²) >= 11 is 1.61. The number of carbonyl (C=O) groups is 1. The van der Waals surface area contributed by atoms with Crippen molar-refractivity contribution < 1.29 is 13.9 Å². The summed E-state index contributed by atoms with van der Waals surface area (Å²) < 4.78 is 19.5. The van der Waals surface area contributed by atoms with E-state index in [9.17, 15) is 9.18 Å². The molecule has 5 nitrogen and oxygen atoms in total. The van der Waals surface area contributed by atoms with Gasteiger partial charge in [0, 0.05) is 17.3 Å². The molecule has 0 radical (unpaired) electrons. The standard InChI is InChI=1S/C20H14FN3O2S/c1-26-16-11-22-18(21)10-14(16)19(25)23-13-8-6-12(7-9-13)20-24-15-4-2-3-5-17(15)27-20/h2-11H,1H3,(H,23,25). The van der Waals surface area contributed by atoms with Gasteiger partial charge in [0.25, 0.3) is 5.91 Å². The smallest absolute Gasteiger partial charge is 0.259 e. The van der Waals surface area contributed by atoms with E-state index in [4.69, 9.17) is 4.74 Å². The summed E-state index contributed by atoms with van der Waals surface area (Å²) in [7, 11) is 1.40. The minimum Gasteiger partial charge on any atom is -0.494 e. The first-order chi connectivity index (χ1) is 13.1. The van der Waals surface area contributed by atoms with Gasteiger partial charge in [0.1, 0.15) is 10.8 Å². The molecule has 0 saturated carbocycles. The summed E-state index contributed by atoms with van der Waals surface area (Å²) in [6.07, 6.45) is 1.18. The van der Waals surface area contributed by atoms with Crippen molar-refractivity contribution in [2.45, 2.75) is 0 Å². The third kappa shape index (κ3) is 3.50. The number of nitrogens with zero attached hydrogens (tertiary/aromatic N) is 2. The molecule has 4 rings (SSSR count). The van der Waals surface area contributed by atoms with E-state index in [0.29, 0.717) is 5.69 Å². The first kappa shape index (κ1) is 17.1. The van der Waals surface area contributed by atoms with Gasteiger partial charge in [0.05, 0.1) is 29.1 Å². The van der Waals surface area contributed by atoms with Crippen molar-refractivity contribution in [1.29, 1.82) is 0 Å². The van der Waals surface area contributed by atoms with E-state index in [1.165, 1.54) is 13.3 Å². The number of methoxy groups -OCH3 is 1. The number of rotatable bonds is 4. The predicted molar refractivity (Wildman–Crippen MR) is 104 cm³/mol. The van der Waals surface area contributed by atoms with E-state index in [1.54, 1.807) is 23.5 Å². The van der Waals surface area contributed by atoms with Crippen LogP contribution in [0.25, 0.3) is 20.8 Å². The van der Waals surface area contributed by atoms with Gasteiger partial charge in [0.2, 0.25) is 5.95 Å². The second-order valence-corrected chi connectivity index (χ2v) is 6.76. The molecule has 2 heterocycles. The number of amides is 1. The van der Waals surface area contributed by atoms with Crippen LogP contribution in [-0.4, -0.2) is 23.0 Å². The summed E-state index contributed by atoms with van der Waals surface area (Å²) in [6.45, 7) is 0. The molecular weight excluding hydrogens is 365 g/mol. The quantitative estimate of drug-likeness (QED) is 0.519. The fraction of sp³-hybridized carbons (Fsp3) is 0.0500. The van der Waals surface area contributed by atoms with Gasteiger partial charge in [-0.25, -0.2) is 9.97 Å². The molecule has 0 aliphatic heterocycles. The number of para-hydroxylation sites is 1. The molecule has 0 aliphatic rings. The van der Waals surface area contributed by atoms with Crippen molar-refractivity contribution in [1.82, 2.24) is 9.97 Å². The molecule has 2 aromatic carbocycles. The number of hydrogen-bond donors (Lipinski definition) is 1. The van der Waals surface area contributed by atoms with E-state index in [0.717, 1.165) is 26.9 Å². The Labute approximate surface area is 158 Å². The molecule has 4 aromatic rings. The molecule has 1 N–H and O–H groups in total. The van der Waals surface area contributed by atoms with Crippen LogP contribution in [0.15, 0.2) is 60.8 Å². The fourth-order valence-electron chi connectivity index (χ4n) is 2.65. The molecule has 134 valence electrons.